The Morgan fingerprint density at radius 1 is 0.875 bits per heavy atom. The molecule has 0 saturated carbocycles. The minimum atomic E-state index is -5.57. The normalized spacial score (nSPS) is 19.7. The second-order valence-corrected chi connectivity index (χ2v) is 22.8. The predicted molar refractivity (Wildman–Crippen MR) is 260 cm³/mol. The van der Waals surface area contributed by atoms with Gasteiger partial charge in [-0.25, -0.2) is 28.6 Å². The second kappa shape index (κ2) is 32.4. The molecule has 0 aromatic carbocycles. The van der Waals surface area contributed by atoms with Crippen LogP contribution in [0.1, 0.15) is 123 Å². The van der Waals surface area contributed by atoms with Crippen molar-refractivity contribution in [3.8, 4) is 0 Å². The van der Waals surface area contributed by atoms with Crippen molar-refractivity contribution < 1.29 is 95.5 Å². The van der Waals surface area contributed by atoms with Crippen LogP contribution in [-0.4, -0.2) is 152 Å². The van der Waals surface area contributed by atoms with Gasteiger partial charge in [-0.3, -0.25) is 37.3 Å². The standard InChI is InChI=1S/C37H66N7O17P3S.C3H7NO3/c1-4-5-6-7-8-9-10-11-12-13-14-15-16-17-28(46)65-21-20-39-27(45)18-19-40-35(49)32(48)37(2,3)23-58-64(55,56)61-63(53,54)57-22-26-31(60-62(50,51)52)30(47)36(59-26)44-25-43-29-33(38)41-24-42-34(29)44;4-2(1-5)3(6)7/h24-26,30-32,36,47-48H,4-23H2,1-3H3,(H,39,45)(H,40,49)(H,53,54)(H,55,56)(H2,38,41,42)(H2,50,51,52);2,5H,1,4H2,(H,6,7)/t26-,30-,31-,32+,36-;2-/m10/s1. The van der Waals surface area contributed by atoms with Crippen molar-refractivity contribution in [1.82, 2.24) is 30.2 Å². The number of phosphoric acid groups is 3. The number of carbonyl (C=O) groups excluding carboxylic acids is 3. The summed E-state index contributed by atoms with van der Waals surface area (Å²) < 4.78 is 62.4. The highest BCUT2D eigenvalue weighted by Crippen LogP contribution is 2.61. The number of carbonyl (C=O) groups is 4. The van der Waals surface area contributed by atoms with Crippen LogP contribution in [-0.2, 0) is 55.5 Å². The van der Waals surface area contributed by atoms with E-state index in [4.69, 9.17) is 35.5 Å². The number of nitrogens with two attached hydrogens (primary N) is 2. The molecular weight excluding hydrogens is 1040 g/mol. The van der Waals surface area contributed by atoms with Gasteiger partial charge in [0.1, 0.15) is 42.3 Å². The third-order valence-corrected chi connectivity index (χ3v) is 14.8. The fourth-order valence-corrected chi connectivity index (χ4v) is 10.3. The summed E-state index contributed by atoms with van der Waals surface area (Å²) in [6.07, 6.45) is 9.53. The summed E-state index contributed by atoms with van der Waals surface area (Å²) in [4.78, 5) is 97.9. The molecule has 1 fully saturated rings. The third-order valence-electron chi connectivity index (χ3n) is 10.8. The highest BCUT2D eigenvalue weighted by atomic mass is 32.2. The number of phosphoric ester groups is 3. The van der Waals surface area contributed by atoms with Crippen LogP contribution in [0.25, 0.3) is 11.2 Å². The number of unbranched alkanes of at least 4 members (excludes halogenated alkanes) is 12. The van der Waals surface area contributed by atoms with E-state index < -0.39 is 103 Å². The molecule has 414 valence electrons. The van der Waals surface area contributed by atoms with Crippen molar-refractivity contribution in [3.05, 3.63) is 12.7 Å². The predicted octanol–water partition coefficient (Wildman–Crippen LogP) is 2.54. The fourth-order valence-electron chi connectivity index (χ4n) is 6.73. The molecule has 3 rings (SSSR count). The minimum absolute atomic E-state index is 0.0338. The zero-order chi connectivity index (χ0) is 54.1. The monoisotopic (exact) mass is 1110 g/mol. The number of hydrogen-bond donors (Lipinski definition) is 12. The highest BCUT2D eigenvalue weighted by Gasteiger charge is 2.50. The van der Waals surface area contributed by atoms with Gasteiger partial charge in [0.05, 0.1) is 26.1 Å². The van der Waals surface area contributed by atoms with E-state index in [2.05, 4.69) is 41.3 Å². The van der Waals surface area contributed by atoms with Gasteiger partial charge in [-0.2, -0.15) is 4.31 Å². The lowest BCUT2D eigenvalue weighted by Crippen LogP contribution is -2.46. The van der Waals surface area contributed by atoms with Crippen LogP contribution < -0.4 is 22.1 Å². The van der Waals surface area contributed by atoms with Gasteiger partial charge in [-0.05, 0) is 6.42 Å². The van der Waals surface area contributed by atoms with Gasteiger partial charge < -0.3 is 66.8 Å². The number of ether oxygens (including phenoxy) is 1. The molecule has 1 saturated heterocycles. The summed E-state index contributed by atoms with van der Waals surface area (Å²) in [6, 6.07) is -1.13. The summed E-state index contributed by atoms with van der Waals surface area (Å²) in [5.74, 6) is -2.20. The van der Waals surface area contributed by atoms with Crippen LogP contribution in [0.2, 0.25) is 0 Å². The largest absolute Gasteiger partial charge is 0.481 e. The number of aromatic nitrogens is 4. The first-order valence-corrected chi connectivity index (χ1v) is 28.9. The van der Waals surface area contributed by atoms with Gasteiger partial charge in [0.2, 0.25) is 11.8 Å². The summed E-state index contributed by atoms with van der Waals surface area (Å²) in [5, 5.41) is 42.5. The van der Waals surface area contributed by atoms with Crippen LogP contribution in [0.3, 0.4) is 0 Å². The summed E-state index contributed by atoms with van der Waals surface area (Å²) in [6.45, 7) is 2.30. The quantitative estimate of drug-likeness (QED) is 0.0348. The second-order valence-electron chi connectivity index (χ2n) is 17.4. The van der Waals surface area contributed by atoms with Gasteiger partial charge in [-0.1, -0.05) is 110 Å². The van der Waals surface area contributed by atoms with Crippen LogP contribution in [0.5, 0.6) is 0 Å². The molecule has 0 bridgehead atoms. The molecule has 1 aliphatic heterocycles. The van der Waals surface area contributed by atoms with Crippen LogP contribution in [0.4, 0.5) is 5.82 Å². The molecule has 3 heterocycles. The van der Waals surface area contributed by atoms with Gasteiger partial charge in [-0.15, -0.1) is 0 Å². The lowest BCUT2D eigenvalue weighted by atomic mass is 9.87. The highest BCUT2D eigenvalue weighted by molar-refractivity contribution is 8.13. The molecule has 28 nitrogen and oxygen atoms in total. The van der Waals surface area contributed by atoms with Crippen LogP contribution in [0, 0.1) is 5.41 Å². The number of hydrogen-bond acceptors (Lipinski definition) is 21. The summed E-state index contributed by atoms with van der Waals surface area (Å²) in [7, 11) is -16.4. The molecule has 2 unspecified atom stereocenters. The number of nitrogens with one attached hydrogen (secondary N) is 2. The van der Waals surface area contributed by atoms with Crippen LogP contribution in [0.15, 0.2) is 12.7 Å². The van der Waals surface area contributed by atoms with Gasteiger partial charge in [0.15, 0.2) is 22.8 Å². The van der Waals surface area contributed by atoms with Crippen molar-refractivity contribution in [3.63, 3.8) is 0 Å². The van der Waals surface area contributed by atoms with E-state index in [1.807, 2.05) is 0 Å². The van der Waals surface area contributed by atoms with Crippen molar-refractivity contribution in [2.45, 2.75) is 154 Å². The Hall–Kier alpha value is -3.05. The maximum absolute atomic E-state index is 12.7. The number of nitrogen functional groups attached to an aromatic ring is 1. The maximum atomic E-state index is 12.7. The zero-order valence-corrected chi connectivity index (χ0v) is 44.1. The Morgan fingerprint density at radius 2 is 1.46 bits per heavy atom. The molecule has 0 spiro atoms. The number of carboxylic acids is 1. The van der Waals surface area contributed by atoms with Gasteiger partial charge in [0.25, 0.3) is 0 Å². The van der Waals surface area contributed by atoms with Crippen molar-refractivity contribution in [2.24, 2.45) is 11.1 Å². The first-order valence-electron chi connectivity index (χ1n) is 23.4. The topological polar surface area (TPSA) is 447 Å². The number of aliphatic hydroxyl groups is 3. The first-order chi connectivity index (χ1) is 33.7. The molecule has 72 heavy (non-hydrogen) atoms. The Kier molecular flexibility index (Phi) is 29.3. The number of nitrogens with zero attached hydrogens (tertiary/aromatic N) is 4. The van der Waals surface area contributed by atoms with E-state index in [0.29, 0.717) is 12.2 Å². The van der Waals surface area contributed by atoms with E-state index in [1.165, 1.54) is 78.1 Å². The zero-order valence-electron chi connectivity index (χ0n) is 40.6. The lowest BCUT2D eigenvalue weighted by molar-refractivity contribution is -0.139. The number of aliphatic carboxylic acids is 1. The van der Waals surface area contributed by atoms with Crippen molar-refractivity contribution >= 4 is 75.1 Å². The molecule has 14 N–H and O–H groups in total. The van der Waals surface area contributed by atoms with Gasteiger partial charge in [0, 0.05) is 37.1 Å². The number of amides is 2. The molecule has 32 heteroatoms. The Labute approximate surface area is 421 Å². The number of anilines is 1. The van der Waals surface area contributed by atoms with Gasteiger partial charge >= 0.3 is 29.4 Å². The molecule has 0 radical (unpaired) electrons. The lowest BCUT2D eigenvalue weighted by Gasteiger charge is -2.30. The number of fused-ring (bicyclic) bond motifs is 1. The average Bonchev–Trinajstić information content (AvgIpc) is 3.87. The number of carboxylic acid groups (broad SMARTS) is 1. The molecule has 1 aliphatic rings. The number of thioether (sulfide) groups is 1. The molecule has 2 amide bonds. The van der Waals surface area contributed by atoms with Crippen molar-refractivity contribution in [2.75, 3.05) is 44.4 Å². The molecule has 2 aromatic rings. The minimum Gasteiger partial charge on any atom is -0.480 e. The van der Waals surface area contributed by atoms with E-state index in [-0.39, 0.29) is 41.6 Å². The third kappa shape index (κ3) is 25.0. The first kappa shape index (κ1) is 65.1. The van der Waals surface area contributed by atoms with Crippen molar-refractivity contribution in [1.29, 1.82) is 0 Å². The Bertz CT molecular complexity index is 2140. The summed E-state index contributed by atoms with van der Waals surface area (Å²) in [5.41, 5.74) is 9.05. The number of imidazole rings is 1. The number of aliphatic hydroxyl groups excluding tert-OH is 3. The average molecular weight is 1110 g/mol. The van der Waals surface area contributed by atoms with E-state index >= 15 is 0 Å². The molecular formula is C40H73N8O20P3S. The Balaban J connectivity index is 0.00000235. The maximum Gasteiger partial charge on any atom is 0.481 e. The molecule has 8 atom stereocenters. The number of rotatable bonds is 35. The Morgan fingerprint density at radius 3 is 2.01 bits per heavy atom. The van der Waals surface area contributed by atoms with E-state index in [0.717, 1.165) is 48.2 Å². The van der Waals surface area contributed by atoms with E-state index in [1.54, 1.807) is 0 Å². The summed E-state index contributed by atoms with van der Waals surface area (Å²) >= 11 is 1.15. The van der Waals surface area contributed by atoms with E-state index in [9.17, 15) is 62.7 Å². The smallest absolute Gasteiger partial charge is 0.480 e. The molecule has 0 aliphatic carbocycles. The molecule has 2 aromatic heterocycles. The SMILES string of the molecule is CCCCCCCCCCCCCCCC(=O)SCCNC(=O)CCNC(=O)[C@H](O)C(C)(C)COP(=O)(O)OP(=O)(O)OC[C@H]1O[C@@H](n2cnc3c(N)ncnc32)[C@H](O)[C@@H]1OP(=O)(O)O.N[C@@H](CO)C(=O)O. The fraction of sp³-hybridized carbons (Fsp3) is 0.775. The van der Waals surface area contributed by atoms with Crippen LogP contribution >= 0.6 is 35.2 Å².